The lowest BCUT2D eigenvalue weighted by Gasteiger charge is -2.47. The van der Waals surface area contributed by atoms with Crippen LogP contribution in [-0.4, -0.2) is 67.1 Å². The molecule has 23 heavy (non-hydrogen) atoms. The molecule has 2 fully saturated rings. The predicted molar refractivity (Wildman–Crippen MR) is 89.4 cm³/mol. The number of carbonyl (C=O) groups excluding carboxylic acids is 1. The molecule has 2 aliphatic heterocycles. The topological polar surface area (TPSA) is 45.7 Å². The Bertz CT molecular complexity index is 512. The fraction of sp³-hybridized carbons (Fsp3) is 0.667. The molecule has 1 aromatic rings. The monoisotopic (exact) mass is 317 g/mol. The summed E-state index contributed by atoms with van der Waals surface area (Å²) in [6.07, 6.45) is 6.42. The second-order valence-electron chi connectivity index (χ2n) is 6.88. The van der Waals surface area contributed by atoms with Gasteiger partial charge in [0.2, 0.25) is 0 Å². The van der Waals surface area contributed by atoms with E-state index < -0.39 is 0 Å². The summed E-state index contributed by atoms with van der Waals surface area (Å²) in [6, 6.07) is 5.55. The third-order valence-electron chi connectivity index (χ3n) is 5.36. The van der Waals surface area contributed by atoms with Crippen LogP contribution in [0.25, 0.3) is 0 Å². The summed E-state index contributed by atoms with van der Waals surface area (Å²) in [4.78, 5) is 21.4. The number of aromatic nitrogens is 1. The molecular weight excluding hydrogens is 290 g/mol. The van der Waals surface area contributed by atoms with Gasteiger partial charge in [-0.25, -0.2) is 0 Å². The molecule has 2 saturated heterocycles. The molecule has 0 aliphatic carbocycles. The van der Waals surface area contributed by atoms with Crippen molar-refractivity contribution < 1.29 is 9.53 Å². The lowest BCUT2D eigenvalue weighted by Crippen LogP contribution is -2.51. The van der Waals surface area contributed by atoms with Crippen LogP contribution in [0.1, 0.15) is 36.2 Å². The Kier molecular flexibility index (Phi) is 5.28. The average molecular weight is 317 g/mol. The number of hydrogen-bond acceptors (Lipinski definition) is 4. The molecule has 2 aliphatic rings. The minimum absolute atomic E-state index is 0.0893. The van der Waals surface area contributed by atoms with E-state index in [1.807, 2.05) is 23.1 Å². The van der Waals surface area contributed by atoms with Crippen LogP contribution < -0.4 is 0 Å². The molecule has 126 valence electrons. The van der Waals surface area contributed by atoms with Crippen LogP contribution in [-0.2, 0) is 4.74 Å². The van der Waals surface area contributed by atoms with Gasteiger partial charge in [0, 0.05) is 32.9 Å². The Labute approximate surface area is 138 Å². The van der Waals surface area contributed by atoms with Gasteiger partial charge in [-0.3, -0.25) is 9.78 Å². The highest BCUT2D eigenvalue weighted by Crippen LogP contribution is 2.40. The zero-order valence-corrected chi connectivity index (χ0v) is 14.0. The minimum Gasteiger partial charge on any atom is -0.383 e. The number of likely N-dealkylation sites (tertiary alicyclic amines) is 2. The Balaban J connectivity index is 1.59. The third-order valence-corrected chi connectivity index (χ3v) is 5.36. The maximum absolute atomic E-state index is 12.7. The zero-order valence-electron chi connectivity index (χ0n) is 14.0. The van der Waals surface area contributed by atoms with Gasteiger partial charge in [-0.05, 0) is 56.3 Å². The van der Waals surface area contributed by atoms with Crippen LogP contribution in [0.4, 0.5) is 0 Å². The van der Waals surface area contributed by atoms with Gasteiger partial charge in [0.25, 0.3) is 5.91 Å². The first-order valence-electron chi connectivity index (χ1n) is 8.64. The van der Waals surface area contributed by atoms with Gasteiger partial charge in [0.15, 0.2) is 0 Å². The SMILES string of the molecule is COCCN1CCC2(CCCN(C(=O)c3ccccn3)C2)CC1. The standard InChI is InChI=1S/C18H27N3O2/c1-23-14-13-20-11-7-18(8-12-20)6-4-10-21(15-18)17(22)16-5-2-3-9-19-16/h2-3,5,9H,4,6-8,10-15H2,1H3. The Morgan fingerprint density at radius 1 is 1.26 bits per heavy atom. The fourth-order valence-electron chi connectivity index (χ4n) is 3.91. The molecule has 1 aromatic heterocycles. The van der Waals surface area contributed by atoms with E-state index in [0.29, 0.717) is 11.1 Å². The van der Waals surface area contributed by atoms with Crippen molar-refractivity contribution in [3.8, 4) is 0 Å². The number of piperidine rings is 2. The molecule has 0 bridgehead atoms. The molecule has 0 unspecified atom stereocenters. The minimum atomic E-state index is 0.0893. The van der Waals surface area contributed by atoms with Crippen molar-refractivity contribution in [3.05, 3.63) is 30.1 Å². The van der Waals surface area contributed by atoms with Crippen molar-refractivity contribution in [2.24, 2.45) is 5.41 Å². The number of amides is 1. The summed E-state index contributed by atoms with van der Waals surface area (Å²) in [5.41, 5.74) is 0.883. The second kappa shape index (κ2) is 7.41. The third kappa shape index (κ3) is 3.90. The van der Waals surface area contributed by atoms with Crippen LogP contribution in [0.3, 0.4) is 0 Å². The number of rotatable bonds is 4. The van der Waals surface area contributed by atoms with Gasteiger partial charge >= 0.3 is 0 Å². The van der Waals surface area contributed by atoms with E-state index in [0.717, 1.165) is 45.8 Å². The first-order chi connectivity index (χ1) is 11.2. The van der Waals surface area contributed by atoms with Crippen molar-refractivity contribution >= 4 is 5.91 Å². The summed E-state index contributed by atoms with van der Waals surface area (Å²) in [5.74, 6) is 0.0893. The lowest BCUT2D eigenvalue weighted by molar-refractivity contribution is 0.0163. The normalized spacial score (nSPS) is 21.5. The molecule has 1 amide bonds. The number of nitrogens with zero attached hydrogens (tertiary/aromatic N) is 3. The van der Waals surface area contributed by atoms with E-state index in [-0.39, 0.29) is 5.91 Å². The number of hydrogen-bond donors (Lipinski definition) is 0. The number of ether oxygens (including phenoxy) is 1. The first-order valence-corrected chi connectivity index (χ1v) is 8.64. The second-order valence-corrected chi connectivity index (χ2v) is 6.88. The molecule has 0 N–H and O–H groups in total. The smallest absolute Gasteiger partial charge is 0.272 e. The summed E-state index contributed by atoms with van der Waals surface area (Å²) in [6.45, 7) is 5.81. The van der Waals surface area contributed by atoms with Crippen LogP contribution in [0.15, 0.2) is 24.4 Å². The van der Waals surface area contributed by atoms with Gasteiger partial charge in [-0.1, -0.05) is 6.07 Å². The first kappa shape index (κ1) is 16.4. The molecule has 1 spiro atoms. The molecule has 0 atom stereocenters. The highest BCUT2D eigenvalue weighted by atomic mass is 16.5. The van der Waals surface area contributed by atoms with Gasteiger partial charge in [-0.2, -0.15) is 0 Å². The molecule has 3 rings (SSSR count). The zero-order chi connectivity index (χ0) is 16.1. The van der Waals surface area contributed by atoms with Crippen LogP contribution in [0.2, 0.25) is 0 Å². The van der Waals surface area contributed by atoms with Crippen molar-refractivity contribution in [2.45, 2.75) is 25.7 Å². The van der Waals surface area contributed by atoms with Crippen LogP contribution >= 0.6 is 0 Å². The van der Waals surface area contributed by atoms with E-state index >= 15 is 0 Å². The van der Waals surface area contributed by atoms with E-state index in [2.05, 4.69) is 9.88 Å². The molecule has 0 radical (unpaired) electrons. The molecule has 0 aromatic carbocycles. The largest absolute Gasteiger partial charge is 0.383 e. The number of pyridine rings is 1. The van der Waals surface area contributed by atoms with E-state index in [1.54, 1.807) is 13.3 Å². The maximum atomic E-state index is 12.7. The van der Waals surface area contributed by atoms with Gasteiger partial charge in [-0.15, -0.1) is 0 Å². The molecule has 5 heteroatoms. The summed E-state index contributed by atoms with van der Waals surface area (Å²) >= 11 is 0. The van der Waals surface area contributed by atoms with Crippen LogP contribution in [0, 0.1) is 5.41 Å². The van der Waals surface area contributed by atoms with E-state index in [1.165, 1.54) is 19.3 Å². The Morgan fingerprint density at radius 2 is 2.09 bits per heavy atom. The Morgan fingerprint density at radius 3 is 2.78 bits per heavy atom. The average Bonchev–Trinajstić information content (AvgIpc) is 2.62. The summed E-state index contributed by atoms with van der Waals surface area (Å²) in [7, 11) is 1.76. The quantitative estimate of drug-likeness (QED) is 0.852. The Hall–Kier alpha value is -1.46. The highest BCUT2D eigenvalue weighted by molar-refractivity contribution is 5.92. The predicted octanol–water partition coefficient (Wildman–Crippen LogP) is 2.05. The molecular formula is C18H27N3O2. The molecule has 3 heterocycles. The van der Waals surface area contributed by atoms with E-state index in [9.17, 15) is 4.79 Å². The van der Waals surface area contributed by atoms with Gasteiger partial charge in [0.1, 0.15) is 5.69 Å². The van der Waals surface area contributed by atoms with Crippen molar-refractivity contribution in [1.29, 1.82) is 0 Å². The van der Waals surface area contributed by atoms with Crippen LogP contribution in [0.5, 0.6) is 0 Å². The highest BCUT2D eigenvalue weighted by Gasteiger charge is 2.39. The summed E-state index contributed by atoms with van der Waals surface area (Å²) in [5, 5.41) is 0. The molecule has 0 saturated carbocycles. The van der Waals surface area contributed by atoms with Gasteiger partial charge in [0.05, 0.1) is 6.61 Å². The lowest BCUT2D eigenvalue weighted by atomic mass is 9.72. The van der Waals surface area contributed by atoms with Crippen molar-refractivity contribution in [1.82, 2.24) is 14.8 Å². The fourth-order valence-corrected chi connectivity index (χ4v) is 3.91. The van der Waals surface area contributed by atoms with Crippen molar-refractivity contribution in [2.75, 3.05) is 46.4 Å². The van der Waals surface area contributed by atoms with E-state index in [4.69, 9.17) is 4.74 Å². The number of carbonyl (C=O) groups is 1. The summed E-state index contributed by atoms with van der Waals surface area (Å²) < 4.78 is 5.18. The number of methoxy groups -OCH3 is 1. The van der Waals surface area contributed by atoms with Gasteiger partial charge < -0.3 is 14.5 Å². The molecule has 5 nitrogen and oxygen atoms in total. The van der Waals surface area contributed by atoms with Crippen molar-refractivity contribution in [3.63, 3.8) is 0 Å². The maximum Gasteiger partial charge on any atom is 0.272 e.